The quantitative estimate of drug-likeness (QED) is 0.819. The van der Waals surface area contributed by atoms with Gasteiger partial charge in [-0.1, -0.05) is 12.1 Å². The molecule has 0 saturated carbocycles. The number of ether oxygens (including phenoxy) is 2. The average molecular weight is 252 g/mol. The van der Waals surface area contributed by atoms with Gasteiger partial charge in [0.1, 0.15) is 12.4 Å². The second-order valence-corrected chi connectivity index (χ2v) is 5.53. The molecular formula is C15H24O3. The summed E-state index contributed by atoms with van der Waals surface area (Å²) in [5.74, 6) is 0.893. The van der Waals surface area contributed by atoms with E-state index in [0.29, 0.717) is 13.2 Å². The van der Waals surface area contributed by atoms with Crippen molar-refractivity contribution >= 4 is 0 Å². The van der Waals surface area contributed by atoms with E-state index in [4.69, 9.17) is 14.6 Å². The first-order valence-electron chi connectivity index (χ1n) is 6.31. The van der Waals surface area contributed by atoms with Gasteiger partial charge < -0.3 is 14.6 Å². The van der Waals surface area contributed by atoms with E-state index in [1.54, 1.807) is 0 Å². The van der Waals surface area contributed by atoms with Crippen LogP contribution in [-0.2, 0) is 11.3 Å². The van der Waals surface area contributed by atoms with Crippen LogP contribution in [0.4, 0.5) is 0 Å². The summed E-state index contributed by atoms with van der Waals surface area (Å²) >= 11 is 0. The lowest BCUT2D eigenvalue weighted by Gasteiger charge is -2.20. The second-order valence-electron chi connectivity index (χ2n) is 5.53. The summed E-state index contributed by atoms with van der Waals surface area (Å²) in [5, 5.41) is 9.12. The van der Waals surface area contributed by atoms with Crippen LogP contribution in [0.1, 0.15) is 37.5 Å². The molecule has 0 bridgehead atoms. The van der Waals surface area contributed by atoms with Gasteiger partial charge in [-0.05, 0) is 51.3 Å². The standard InChI is InChI=1S/C15H24O3/c1-11-8-13(10-16)9-12(2)14(11)17-6-7-18-15(3,4)5/h8-9,16H,6-7,10H2,1-5H3. The van der Waals surface area contributed by atoms with Crippen molar-refractivity contribution in [2.75, 3.05) is 13.2 Å². The van der Waals surface area contributed by atoms with Gasteiger partial charge in [0.05, 0.1) is 18.8 Å². The van der Waals surface area contributed by atoms with Crippen molar-refractivity contribution in [2.45, 2.75) is 46.8 Å². The van der Waals surface area contributed by atoms with E-state index in [-0.39, 0.29) is 12.2 Å². The normalized spacial score (nSPS) is 11.7. The van der Waals surface area contributed by atoms with E-state index in [1.165, 1.54) is 0 Å². The highest BCUT2D eigenvalue weighted by Crippen LogP contribution is 2.24. The Morgan fingerprint density at radius 3 is 2.06 bits per heavy atom. The lowest BCUT2D eigenvalue weighted by molar-refractivity contribution is -0.0164. The van der Waals surface area contributed by atoms with Crippen LogP contribution in [0.2, 0.25) is 0 Å². The van der Waals surface area contributed by atoms with E-state index in [1.807, 2.05) is 46.8 Å². The van der Waals surface area contributed by atoms with Crippen LogP contribution in [0.3, 0.4) is 0 Å². The van der Waals surface area contributed by atoms with Crippen molar-refractivity contribution in [3.8, 4) is 5.75 Å². The highest BCUT2D eigenvalue weighted by atomic mass is 16.5. The van der Waals surface area contributed by atoms with Gasteiger partial charge in [-0.25, -0.2) is 0 Å². The molecule has 0 amide bonds. The van der Waals surface area contributed by atoms with Gasteiger partial charge in [0.15, 0.2) is 0 Å². The Labute approximate surface area is 110 Å². The molecule has 0 radical (unpaired) electrons. The van der Waals surface area contributed by atoms with Crippen molar-refractivity contribution in [3.05, 3.63) is 28.8 Å². The Balaban J connectivity index is 2.57. The molecule has 0 saturated heterocycles. The first kappa shape index (κ1) is 15.0. The number of hydrogen-bond acceptors (Lipinski definition) is 3. The largest absolute Gasteiger partial charge is 0.491 e. The molecule has 0 aliphatic heterocycles. The molecule has 0 atom stereocenters. The topological polar surface area (TPSA) is 38.7 Å². The summed E-state index contributed by atoms with van der Waals surface area (Å²) in [6.07, 6.45) is 0. The van der Waals surface area contributed by atoms with Gasteiger partial charge in [0.2, 0.25) is 0 Å². The van der Waals surface area contributed by atoms with Crippen LogP contribution in [0.15, 0.2) is 12.1 Å². The van der Waals surface area contributed by atoms with Gasteiger partial charge in [-0.3, -0.25) is 0 Å². The van der Waals surface area contributed by atoms with Gasteiger partial charge >= 0.3 is 0 Å². The zero-order valence-corrected chi connectivity index (χ0v) is 12.0. The fourth-order valence-corrected chi connectivity index (χ4v) is 1.85. The number of benzene rings is 1. The van der Waals surface area contributed by atoms with Crippen LogP contribution in [-0.4, -0.2) is 23.9 Å². The van der Waals surface area contributed by atoms with Crippen molar-refractivity contribution in [2.24, 2.45) is 0 Å². The molecule has 18 heavy (non-hydrogen) atoms. The van der Waals surface area contributed by atoms with Crippen molar-refractivity contribution in [1.29, 1.82) is 0 Å². The minimum atomic E-state index is -0.131. The first-order valence-corrected chi connectivity index (χ1v) is 6.31. The third-order valence-corrected chi connectivity index (χ3v) is 2.57. The van der Waals surface area contributed by atoms with Crippen LogP contribution >= 0.6 is 0 Å². The summed E-state index contributed by atoms with van der Waals surface area (Å²) in [4.78, 5) is 0. The summed E-state index contributed by atoms with van der Waals surface area (Å²) in [6, 6.07) is 3.90. The molecule has 1 rings (SSSR count). The highest BCUT2D eigenvalue weighted by Gasteiger charge is 2.10. The molecule has 102 valence electrons. The SMILES string of the molecule is Cc1cc(CO)cc(C)c1OCCOC(C)(C)C. The Morgan fingerprint density at radius 1 is 1.06 bits per heavy atom. The molecular weight excluding hydrogens is 228 g/mol. The van der Waals surface area contributed by atoms with Crippen molar-refractivity contribution < 1.29 is 14.6 Å². The summed E-state index contributed by atoms with van der Waals surface area (Å²) < 4.78 is 11.4. The zero-order chi connectivity index (χ0) is 13.8. The van der Waals surface area contributed by atoms with Crippen molar-refractivity contribution in [1.82, 2.24) is 0 Å². The predicted molar refractivity (Wildman–Crippen MR) is 73.0 cm³/mol. The van der Waals surface area contributed by atoms with Gasteiger partial charge in [0.25, 0.3) is 0 Å². The monoisotopic (exact) mass is 252 g/mol. The summed E-state index contributed by atoms with van der Waals surface area (Å²) in [7, 11) is 0. The maximum Gasteiger partial charge on any atom is 0.125 e. The van der Waals surface area contributed by atoms with E-state index in [9.17, 15) is 0 Å². The number of aryl methyl sites for hydroxylation is 2. The minimum absolute atomic E-state index is 0.0646. The molecule has 0 heterocycles. The fourth-order valence-electron chi connectivity index (χ4n) is 1.85. The lowest BCUT2D eigenvalue weighted by atomic mass is 10.1. The van der Waals surface area contributed by atoms with Gasteiger partial charge in [-0.2, -0.15) is 0 Å². The second kappa shape index (κ2) is 6.21. The van der Waals surface area contributed by atoms with Gasteiger partial charge in [-0.15, -0.1) is 0 Å². The van der Waals surface area contributed by atoms with Crippen molar-refractivity contribution in [3.63, 3.8) is 0 Å². The van der Waals surface area contributed by atoms with E-state index < -0.39 is 0 Å². The van der Waals surface area contributed by atoms with Crippen LogP contribution in [0, 0.1) is 13.8 Å². The molecule has 0 spiro atoms. The van der Waals surface area contributed by atoms with E-state index in [2.05, 4.69) is 0 Å². The maximum absolute atomic E-state index is 9.12. The molecule has 0 aliphatic carbocycles. The molecule has 1 aromatic carbocycles. The molecule has 0 fully saturated rings. The first-order chi connectivity index (χ1) is 8.33. The number of aliphatic hydroxyl groups is 1. The highest BCUT2D eigenvalue weighted by molar-refractivity contribution is 5.43. The third kappa shape index (κ3) is 4.67. The molecule has 3 nitrogen and oxygen atoms in total. The molecule has 1 N–H and O–H groups in total. The summed E-state index contributed by atoms with van der Waals surface area (Å²) in [6.45, 7) is 11.2. The maximum atomic E-state index is 9.12. The molecule has 3 heteroatoms. The number of aliphatic hydroxyl groups excluding tert-OH is 1. The van der Waals surface area contributed by atoms with Gasteiger partial charge in [0, 0.05) is 0 Å². The molecule has 0 aromatic heterocycles. The summed E-state index contributed by atoms with van der Waals surface area (Å²) in [5.41, 5.74) is 2.89. The molecule has 0 unspecified atom stereocenters. The average Bonchev–Trinajstić information content (AvgIpc) is 2.25. The van der Waals surface area contributed by atoms with Crippen LogP contribution in [0.5, 0.6) is 5.75 Å². The zero-order valence-electron chi connectivity index (χ0n) is 12.0. The smallest absolute Gasteiger partial charge is 0.125 e. The Hall–Kier alpha value is -1.06. The van der Waals surface area contributed by atoms with Crippen LogP contribution < -0.4 is 4.74 Å². The van der Waals surface area contributed by atoms with E-state index in [0.717, 1.165) is 22.4 Å². The van der Waals surface area contributed by atoms with Crippen LogP contribution in [0.25, 0.3) is 0 Å². The lowest BCUT2D eigenvalue weighted by Crippen LogP contribution is -2.22. The minimum Gasteiger partial charge on any atom is -0.491 e. The number of hydrogen-bond donors (Lipinski definition) is 1. The van der Waals surface area contributed by atoms with E-state index >= 15 is 0 Å². The Bertz CT molecular complexity index is 368. The third-order valence-electron chi connectivity index (χ3n) is 2.57. The predicted octanol–water partition coefficient (Wildman–Crippen LogP) is 2.99. The molecule has 1 aromatic rings. The Kier molecular flexibility index (Phi) is 5.17. The fraction of sp³-hybridized carbons (Fsp3) is 0.600. The number of rotatable bonds is 5. The Morgan fingerprint density at radius 2 is 1.61 bits per heavy atom. The molecule has 0 aliphatic rings.